The van der Waals surface area contributed by atoms with E-state index in [2.05, 4.69) is 33.4 Å². The Kier molecular flexibility index (Phi) is 4.99. The van der Waals surface area contributed by atoms with E-state index >= 15 is 0 Å². The van der Waals surface area contributed by atoms with E-state index in [9.17, 15) is 0 Å². The van der Waals surface area contributed by atoms with Crippen molar-refractivity contribution in [1.29, 1.82) is 0 Å². The number of ether oxygens (including phenoxy) is 1. The molecule has 1 aromatic heterocycles. The lowest BCUT2D eigenvalue weighted by Crippen LogP contribution is -2.38. The van der Waals surface area contributed by atoms with Gasteiger partial charge in [0.1, 0.15) is 12.4 Å². The zero-order valence-electron chi connectivity index (χ0n) is 14.8. The SMILES string of the molecule is c1ccc(COc2cccc(CN3CCC4(CCNCC4)C3)c2)nc1. The molecule has 132 valence electrons. The standard InChI is InChI=1S/C21H27N3O/c1-2-10-23-19(5-1)16-25-20-6-3-4-18(14-20)15-24-13-9-21(17-24)7-11-22-12-8-21/h1-6,10,14,22H,7-9,11-13,15-17H2. The van der Waals surface area contributed by atoms with Crippen LogP contribution in [0.25, 0.3) is 0 Å². The summed E-state index contributed by atoms with van der Waals surface area (Å²) >= 11 is 0. The Balaban J connectivity index is 1.34. The Labute approximate surface area is 150 Å². The number of rotatable bonds is 5. The van der Waals surface area contributed by atoms with Crippen LogP contribution in [0.5, 0.6) is 5.75 Å². The molecule has 3 heterocycles. The lowest BCUT2D eigenvalue weighted by molar-refractivity contribution is 0.194. The largest absolute Gasteiger partial charge is 0.487 e. The Morgan fingerprint density at radius 2 is 2.00 bits per heavy atom. The van der Waals surface area contributed by atoms with Gasteiger partial charge in [0.15, 0.2) is 0 Å². The summed E-state index contributed by atoms with van der Waals surface area (Å²) in [6, 6.07) is 14.4. The summed E-state index contributed by atoms with van der Waals surface area (Å²) in [4.78, 5) is 6.92. The van der Waals surface area contributed by atoms with Gasteiger partial charge in [0.05, 0.1) is 5.69 Å². The molecule has 2 aromatic rings. The third-order valence-electron chi connectivity index (χ3n) is 5.60. The number of piperidine rings is 1. The van der Waals surface area contributed by atoms with Crippen LogP contribution in [0.4, 0.5) is 0 Å². The van der Waals surface area contributed by atoms with Gasteiger partial charge in [-0.3, -0.25) is 9.88 Å². The third-order valence-corrected chi connectivity index (χ3v) is 5.60. The molecule has 25 heavy (non-hydrogen) atoms. The van der Waals surface area contributed by atoms with E-state index in [0.717, 1.165) is 18.0 Å². The number of aromatic nitrogens is 1. The van der Waals surface area contributed by atoms with Gasteiger partial charge < -0.3 is 10.1 Å². The topological polar surface area (TPSA) is 37.4 Å². The second kappa shape index (κ2) is 7.54. The molecule has 4 rings (SSSR count). The maximum Gasteiger partial charge on any atom is 0.130 e. The van der Waals surface area contributed by atoms with E-state index in [0.29, 0.717) is 12.0 Å². The lowest BCUT2D eigenvalue weighted by Gasteiger charge is -2.34. The van der Waals surface area contributed by atoms with Crippen molar-refractivity contribution in [2.24, 2.45) is 5.41 Å². The van der Waals surface area contributed by atoms with Crippen LogP contribution < -0.4 is 10.1 Å². The molecule has 0 aliphatic carbocycles. The molecule has 2 fully saturated rings. The van der Waals surface area contributed by atoms with Crippen LogP contribution in [0.15, 0.2) is 48.7 Å². The zero-order chi connectivity index (χ0) is 17.0. The van der Waals surface area contributed by atoms with E-state index in [-0.39, 0.29) is 0 Å². The fraction of sp³-hybridized carbons (Fsp3) is 0.476. The van der Waals surface area contributed by atoms with Crippen molar-refractivity contribution in [3.63, 3.8) is 0 Å². The predicted molar refractivity (Wildman–Crippen MR) is 99.4 cm³/mol. The number of benzene rings is 1. The van der Waals surface area contributed by atoms with E-state index in [1.807, 2.05) is 24.3 Å². The van der Waals surface area contributed by atoms with Crippen molar-refractivity contribution in [3.8, 4) is 5.75 Å². The highest BCUT2D eigenvalue weighted by Gasteiger charge is 2.38. The minimum Gasteiger partial charge on any atom is -0.487 e. The fourth-order valence-corrected chi connectivity index (χ4v) is 4.16. The molecular formula is C21H27N3O. The van der Waals surface area contributed by atoms with E-state index in [4.69, 9.17) is 4.74 Å². The first-order chi connectivity index (χ1) is 12.3. The van der Waals surface area contributed by atoms with Gasteiger partial charge in [0.25, 0.3) is 0 Å². The van der Waals surface area contributed by atoms with Gasteiger partial charge in [-0.1, -0.05) is 18.2 Å². The van der Waals surface area contributed by atoms with Crippen LogP contribution >= 0.6 is 0 Å². The molecule has 4 nitrogen and oxygen atoms in total. The summed E-state index contributed by atoms with van der Waals surface area (Å²) in [6.07, 6.45) is 5.82. The first kappa shape index (κ1) is 16.6. The molecule has 2 aliphatic rings. The molecule has 1 spiro atoms. The second-order valence-electron chi connectivity index (χ2n) is 7.47. The van der Waals surface area contributed by atoms with Crippen LogP contribution in [0.2, 0.25) is 0 Å². The van der Waals surface area contributed by atoms with Gasteiger partial charge in [-0.15, -0.1) is 0 Å². The van der Waals surface area contributed by atoms with Crippen LogP contribution in [0.1, 0.15) is 30.5 Å². The highest BCUT2D eigenvalue weighted by molar-refractivity contribution is 5.28. The highest BCUT2D eigenvalue weighted by Crippen LogP contribution is 2.39. The molecule has 1 N–H and O–H groups in total. The van der Waals surface area contributed by atoms with Crippen molar-refractivity contribution in [1.82, 2.24) is 15.2 Å². The minimum absolute atomic E-state index is 0.518. The predicted octanol–water partition coefficient (Wildman–Crippen LogP) is 3.24. The second-order valence-corrected chi connectivity index (χ2v) is 7.47. The number of nitrogens with one attached hydrogen (secondary N) is 1. The van der Waals surface area contributed by atoms with Gasteiger partial charge in [0.2, 0.25) is 0 Å². The molecular weight excluding hydrogens is 310 g/mol. The number of nitrogens with zero attached hydrogens (tertiary/aromatic N) is 2. The Hall–Kier alpha value is -1.91. The summed E-state index contributed by atoms with van der Waals surface area (Å²) < 4.78 is 5.92. The molecule has 0 radical (unpaired) electrons. The van der Waals surface area contributed by atoms with Crippen molar-refractivity contribution in [2.45, 2.75) is 32.4 Å². The smallest absolute Gasteiger partial charge is 0.130 e. The van der Waals surface area contributed by atoms with Gasteiger partial charge in [-0.05, 0) is 74.1 Å². The lowest BCUT2D eigenvalue weighted by atomic mass is 9.78. The normalized spacial score (nSPS) is 20.0. The first-order valence-corrected chi connectivity index (χ1v) is 9.36. The molecule has 0 unspecified atom stereocenters. The number of hydrogen-bond acceptors (Lipinski definition) is 4. The van der Waals surface area contributed by atoms with Crippen LogP contribution in [0, 0.1) is 5.41 Å². The average Bonchev–Trinajstić information content (AvgIpc) is 3.03. The molecule has 1 aromatic carbocycles. The molecule has 0 atom stereocenters. The maximum atomic E-state index is 5.92. The Morgan fingerprint density at radius 1 is 1.08 bits per heavy atom. The number of pyridine rings is 1. The molecule has 4 heteroatoms. The van der Waals surface area contributed by atoms with Gasteiger partial charge >= 0.3 is 0 Å². The summed E-state index contributed by atoms with van der Waals surface area (Å²) in [5.74, 6) is 0.930. The average molecular weight is 337 g/mol. The van der Waals surface area contributed by atoms with Crippen molar-refractivity contribution in [3.05, 3.63) is 59.9 Å². The maximum absolute atomic E-state index is 5.92. The molecule has 0 amide bonds. The summed E-state index contributed by atoms with van der Waals surface area (Å²) in [5.41, 5.74) is 2.86. The summed E-state index contributed by atoms with van der Waals surface area (Å²) in [6.45, 7) is 6.38. The van der Waals surface area contributed by atoms with Crippen molar-refractivity contribution < 1.29 is 4.74 Å². The first-order valence-electron chi connectivity index (χ1n) is 9.36. The Morgan fingerprint density at radius 3 is 2.84 bits per heavy atom. The van der Waals surface area contributed by atoms with Gasteiger partial charge in [0, 0.05) is 19.3 Å². The molecule has 2 aliphatic heterocycles. The van der Waals surface area contributed by atoms with Crippen LogP contribution in [0.3, 0.4) is 0 Å². The van der Waals surface area contributed by atoms with E-state index in [1.54, 1.807) is 6.20 Å². The van der Waals surface area contributed by atoms with Crippen LogP contribution in [-0.4, -0.2) is 36.1 Å². The third kappa shape index (κ3) is 4.20. The number of hydrogen-bond donors (Lipinski definition) is 1. The monoisotopic (exact) mass is 337 g/mol. The summed E-state index contributed by atoms with van der Waals surface area (Å²) in [7, 11) is 0. The van der Waals surface area contributed by atoms with Gasteiger partial charge in [-0.2, -0.15) is 0 Å². The van der Waals surface area contributed by atoms with Crippen LogP contribution in [-0.2, 0) is 13.2 Å². The van der Waals surface area contributed by atoms with Gasteiger partial charge in [-0.25, -0.2) is 0 Å². The van der Waals surface area contributed by atoms with E-state index in [1.165, 1.54) is 51.0 Å². The highest BCUT2D eigenvalue weighted by atomic mass is 16.5. The molecule has 2 saturated heterocycles. The number of likely N-dealkylation sites (tertiary alicyclic amines) is 1. The van der Waals surface area contributed by atoms with Crippen molar-refractivity contribution >= 4 is 0 Å². The quantitative estimate of drug-likeness (QED) is 0.909. The zero-order valence-corrected chi connectivity index (χ0v) is 14.8. The van der Waals surface area contributed by atoms with E-state index < -0.39 is 0 Å². The molecule has 0 bridgehead atoms. The molecule has 0 saturated carbocycles. The Bertz CT molecular complexity index is 683. The van der Waals surface area contributed by atoms with Crippen molar-refractivity contribution in [2.75, 3.05) is 26.2 Å². The summed E-state index contributed by atoms with van der Waals surface area (Å²) in [5, 5.41) is 3.50. The minimum atomic E-state index is 0.518. The fourth-order valence-electron chi connectivity index (χ4n) is 4.16.